The van der Waals surface area contributed by atoms with Gasteiger partial charge in [0.1, 0.15) is 13.2 Å². The van der Waals surface area contributed by atoms with Crippen LogP contribution >= 0.6 is 0 Å². The minimum Gasteiger partial charge on any atom is -0.462 e. The van der Waals surface area contributed by atoms with Crippen molar-refractivity contribution >= 4 is 17.9 Å². The molecule has 0 saturated heterocycles. The molecule has 0 N–H and O–H groups in total. The van der Waals surface area contributed by atoms with Crippen molar-refractivity contribution in [3.05, 3.63) is 85.1 Å². The van der Waals surface area contributed by atoms with Crippen LogP contribution in [0.2, 0.25) is 0 Å². The predicted molar refractivity (Wildman–Crippen MR) is 237 cm³/mol. The number of carbonyl (C=O) groups excluding carboxylic acids is 3. The number of allylic oxidation sites excluding steroid dienone is 14. The summed E-state index contributed by atoms with van der Waals surface area (Å²) in [5, 5.41) is 0. The van der Waals surface area contributed by atoms with Gasteiger partial charge < -0.3 is 14.2 Å². The number of hydrogen-bond acceptors (Lipinski definition) is 6. The Morgan fingerprint density at radius 1 is 0.393 bits per heavy atom. The van der Waals surface area contributed by atoms with E-state index in [1.165, 1.54) is 70.6 Å². The summed E-state index contributed by atoms with van der Waals surface area (Å²) in [5.41, 5.74) is 0. The van der Waals surface area contributed by atoms with Crippen LogP contribution in [0.25, 0.3) is 0 Å². The zero-order valence-corrected chi connectivity index (χ0v) is 36.1. The third-order valence-corrected chi connectivity index (χ3v) is 9.21. The highest BCUT2D eigenvalue weighted by molar-refractivity contribution is 5.71. The molecule has 0 amide bonds. The number of ether oxygens (including phenoxy) is 3. The van der Waals surface area contributed by atoms with E-state index >= 15 is 0 Å². The summed E-state index contributed by atoms with van der Waals surface area (Å²) in [5.74, 6) is -1.04. The van der Waals surface area contributed by atoms with Crippen LogP contribution in [0.4, 0.5) is 0 Å². The van der Waals surface area contributed by atoms with Crippen molar-refractivity contribution in [3.63, 3.8) is 0 Å². The largest absolute Gasteiger partial charge is 0.462 e. The van der Waals surface area contributed by atoms with Gasteiger partial charge in [0, 0.05) is 19.3 Å². The summed E-state index contributed by atoms with van der Waals surface area (Å²) in [6.07, 6.45) is 55.8. The molecule has 0 bridgehead atoms. The molecule has 0 fully saturated rings. The molecular formula is C50H82O6. The van der Waals surface area contributed by atoms with E-state index in [0.29, 0.717) is 19.3 Å². The highest BCUT2D eigenvalue weighted by Crippen LogP contribution is 2.11. The molecule has 0 heterocycles. The Kier molecular flexibility index (Phi) is 41.6. The van der Waals surface area contributed by atoms with Crippen LogP contribution in [0, 0.1) is 0 Å². The maximum Gasteiger partial charge on any atom is 0.306 e. The topological polar surface area (TPSA) is 78.9 Å². The maximum atomic E-state index is 12.7. The lowest BCUT2D eigenvalue weighted by molar-refractivity contribution is -0.166. The fourth-order valence-electron chi connectivity index (χ4n) is 5.79. The first-order valence-electron chi connectivity index (χ1n) is 22.6. The Morgan fingerprint density at radius 2 is 0.804 bits per heavy atom. The SMILES string of the molecule is CC\C=C/C=C\C=C/C=C\CCCCCC(=O)OCC(COC(=O)CCCCCCC/C=C\CCCCC)OC(=O)CC/C=C\C/C=C\CCCCCCCC. The average molecular weight is 779 g/mol. The fourth-order valence-corrected chi connectivity index (χ4v) is 5.79. The molecule has 318 valence electrons. The monoisotopic (exact) mass is 779 g/mol. The molecular weight excluding hydrogens is 697 g/mol. The molecule has 0 aliphatic carbocycles. The molecule has 1 unspecified atom stereocenters. The van der Waals surface area contributed by atoms with Crippen molar-refractivity contribution in [1.82, 2.24) is 0 Å². The Labute approximate surface area is 344 Å². The number of carbonyl (C=O) groups is 3. The molecule has 0 radical (unpaired) electrons. The van der Waals surface area contributed by atoms with E-state index in [-0.39, 0.29) is 31.6 Å². The van der Waals surface area contributed by atoms with Gasteiger partial charge in [-0.25, -0.2) is 0 Å². The number of hydrogen-bond donors (Lipinski definition) is 0. The fraction of sp³-hybridized carbons (Fsp3) is 0.660. The molecule has 0 rings (SSSR count). The first kappa shape index (κ1) is 52.6. The second-order valence-corrected chi connectivity index (χ2v) is 14.7. The maximum absolute atomic E-state index is 12.7. The van der Waals surface area contributed by atoms with Gasteiger partial charge in [-0.15, -0.1) is 0 Å². The van der Waals surface area contributed by atoms with Crippen molar-refractivity contribution in [2.45, 2.75) is 200 Å². The molecule has 1 atom stereocenters. The van der Waals surface area contributed by atoms with Gasteiger partial charge in [0.25, 0.3) is 0 Å². The number of esters is 3. The normalized spacial score (nSPS) is 12.8. The average Bonchev–Trinajstić information content (AvgIpc) is 3.19. The van der Waals surface area contributed by atoms with E-state index < -0.39 is 12.1 Å². The second kappa shape index (κ2) is 44.3. The van der Waals surface area contributed by atoms with Crippen LogP contribution < -0.4 is 0 Å². The molecule has 0 saturated carbocycles. The Hall–Kier alpha value is -3.41. The Balaban J connectivity index is 4.55. The summed E-state index contributed by atoms with van der Waals surface area (Å²) >= 11 is 0. The zero-order valence-electron chi connectivity index (χ0n) is 36.1. The molecule has 0 aliphatic rings. The second-order valence-electron chi connectivity index (χ2n) is 14.7. The lowest BCUT2D eigenvalue weighted by Gasteiger charge is -2.18. The van der Waals surface area contributed by atoms with Crippen molar-refractivity contribution in [2.24, 2.45) is 0 Å². The van der Waals surface area contributed by atoms with Crippen LogP contribution in [0.3, 0.4) is 0 Å². The highest BCUT2D eigenvalue weighted by atomic mass is 16.6. The van der Waals surface area contributed by atoms with Gasteiger partial charge in [-0.2, -0.15) is 0 Å². The van der Waals surface area contributed by atoms with Crippen molar-refractivity contribution in [2.75, 3.05) is 13.2 Å². The van der Waals surface area contributed by atoms with E-state index in [1.54, 1.807) is 0 Å². The van der Waals surface area contributed by atoms with E-state index in [1.807, 2.05) is 42.5 Å². The molecule has 0 aromatic carbocycles. The predicted octanol–water partition coefficient (Wildman–Crippen LogP) is 14.5. The quantitative estimate of drug-likeness (QED) is 0.0203. The first-order valence-corrected chi connectivity index (χ1v) is 22.6. The summed E-state index contributed by atoms with van der Waals surface area (Å²) in [7, 11) is 0. The van der Waals surface area contributed by atoms with E-state index in [9.17, 15) is 14.4 Å². The summed E-state index contributed by atoms with van der Waals surface area (Å²) < 4.78 is 16.6. The number of unbranched alkanes of at least 4 members (excludes halogenated alkanes) is 17. The Morgan fingerprint density at radius 3 is 1.38 bits per heavy atom. The molecule has 6 heteroatoms. The minimum atomic E-state index is -0.824. The van der Waals surface area contributed by atoms with Crippen LogP contribution in [0.1, 0.15) is 194 Å². The molecule has 0 spiro atoms. The van der Waals surface area contributed by atoms with E-state index in [0.717, 1.165) is 77.0 Å². The van der Waals surface area contributed by atoms with Crippen molar-refractivity contribution in [1.29, 1.82) is 0 Å². The minimum absolute atomic E-state index is 0.117. The van der Waals surface area contributed by atoms with Gasteiger partial charge in [-0.05, 0) is 83.5 Å². The first-order chi connectivity index (χ1) is 27.5. The van der Waals surface area contributed by atoms with Crippen LogP contribution in [0.5, 0.6) is 0 Å². The van der Waals surface area contributed by atoms with Crippen molar-refractivity contribution < 1.29 is 28.6 Å². The highest BCUT2D eigenvalue weighted by Gasteiger charge is 2.19. The standard InChI is InChI=1S/C50H82O6/c1-4-7-10-13-16-19-22-25-28-31-34-37-40-43-49(52)55-46-47(45-54-48(51)42-39-36-33-30-27-24-21-18-15-12-9-6-3)56-50(53)44-41-38-35-32-29-26-23-20-17-14-11-8-5-2/h7,10,13,16,18-19,21-22,25-26,28-29,35,38,47H,4-6,8-9,11-12,14-15,17,20,23-24,27,30-34,36-37,39-46H2,1-3H3/b10-7-,16-13-,21-18-,22-19-,28-25-,29-26-,38-35-. The van der Waals surface area contributed by atoms with E-state index in [4.69, 9.17) is 14.2 Å². The third kappa shape index (κ3) is 41.7. The van der Waals surface area contributed by atoms with Crippen LogP contribution in [0.15, 0.2) is 85.1 Å². The van der Waals surface area contributed by atoms with E-state index in [2.05, 4.69) is 63.3 Å². The smallest absolute Gasteiger partial charge is 0.306 e. The Bertz CT molecular complexity index is 1120. The van der Waals surface area contributed by atoms with Gasteiger partial charge in [0.2, 0.25) is 0 Å². The van der Waals surface area contributed by atoms with Gasteiger partial charge in [-0.3, -0.25) is 14.4 Å². The van der Waals surface area contributed by atoms with Gasteiger partial charge in [0.05, 0.1) is 0 Å². The summed E-state index contributed by atoms with van der Waals surface area (Å²) in [6.45, 7) is 6.34. The molecule has 0 aromatic heterocycles. The lowest BCUT2D eigenvalue weighted by atomic mass is 10.1. The molecule has 0 aliphatic heterocycles. The lowest BCUT2D eigenvalue weighted by Crippen LogP contribution is -2.30. The molecule has 0 aromatic rings. The number of rotatable bonds is 39. The third-order valence-electron chi connectivity index (χ3n) is 9.21. The van der Waals surface area contributed by atoms with Gasteiger partial charge >= 0.3 is 17.9 Å². The zero-order chi connectivity index (χ0) is 40.8. The van der Waals surface area contributed by atoms with Crippen LogP contribution in [-0.2, 0) is 28.6 Å². The summed E-state index contributed by atoms with van der Waals surface area (Å²) in [6, 6.07) is 0. The van der Waals surface area contributed by atoms with Gasteiger partial charge in [0.15, 0.2) is 6.10 Å². The molecule has 56 heavy (non-hydrogen) atoms. The van der Waals surface area contributed by atoms with Crippen LogP contribution in [-0.4, -0.2) is 37.2 Å². The summed E-state index contributed by atoms with van der Waals surface area (Å²) in [4.78, 5) is 37.7. The van der Waals surface area contributed by atoms with Crippen molar-refractivity contribution in [3.8, 4) is 0 Å². The molecule has 6 nitrogen and oxygen atoms in total. The van der Waals surface area contributed by atoms with Gasteiger partial charge in [-0.1, -0.05) is 176 Å².